The Morgan fingerprint density at radius 2 is 1.82 bits per heavy atom. The van der Waals surface area contributed by atoms with Crippen molar-refractivity contribution in [3.8, 4) is 0 Å². The van der Waals surface area contributed by atoms with Gasteiger partial charge in [0.1, 0.15) is 0 Å². The zero-order chi connectivity index (χ0) is 15.7. The van der Waals surface area contributed by atoms with Crippen molar-refractivity contribution in [2.75, 3.05) is 5.32 Å². The number of amides is 3. The Bertz CT molecular complexity index is 761. The molecule has 2 aromatic rings. The molecule has 1 unspecified atom stereocenters. The summed E-state index contributed by atoms with van der Waals surface area (Å²) in [6, 6.07) is 11.4. The summed E-state index contributed by atoms with van der Waals surface area (Å²) < 4.78 is 0.716. The maximum atomic E-state index is 12.2. The van der Waals surface area contributed by atoms with Crippen LogP contribution in [0.2, 0.25) is 0 Å². The molecule has 6 heteroatoms. The number of anilines is 1. The van der Waals surface area contributed by atoms with Crippen LogP contribution < -0.4 is 5.32 Å². The number of nitrogens with zero attached hydrogens (tertiary/aromatic N) is 1. The fourth-order valence-electron chi connectivity index (χ4n) is 2.62. The summed E-state index contributed by atoms with van der Waals surface area (Å²) in [7, 11) is 0. The Morgan fingerprint density at radius 3 is 2.45 bits per heavy atom. The van der Waals surface area contributed by atoms with Crippen molar-refractivity contribution in [1.82, 2.24) is 4.90 Å². The van der Waals surface area contributed by atoms with E-state index < -0.39 is 12.1 Å². The normalized spacial score (nSPS) is 16.7. The van der Waals surface area contributed by atoms with Crippen LogP contribution in [0.3, 0.4) is 0 Å². The number of halogens is 1. The van der Waals surface area contributed by atoms with E-state index in [2.05, 4.69) is 21.2 Å². The van der Waals surface area contributed by atoms with Gasteiger partial charge in [-0.15, -0.1) is 0 Å². The van der Waals surface area contributed by atoms with Gasteiger partial charge in [-0.2, -0.15) is 0 Å². The molecule has 0 spiro atoms. The molecule has 22 heavy (non-hydrogen) atoms. The highest BCUT2D eigenvalue weighted by atomic mass is 79.9. The first-order chi connectivity index (χ1) is 10.7. The van der Waals surface area contributed by atoms with Crippen molar-refractivity contribution >= 4 is 40.3 Å². The topological polar surface area (TPSA) is 66.5 Å². The van der Waals surface area contributed by atoms with Crippen molar-refractivity contribution in [3.05, 3.63) is 63.6 Å². The van der Waals surface area contributed by atoms with Gasteiger partial charge in [-0.25, -0.2) is 4.79 Å². The first-order valence-corrected chi connectivity index (χ1v) is 7.33. The monoisotopic (exact) mass is 358 g/mol. The molecule has 1 aliphatic heterocycles. The molecule has 0 saturated heterocycles. The predicted octanol–water partition coefficient (Wildman–Crippen LogP) is 3.35. The predicted molar refractivity (Wildman–Crippen MR) is 84.7 cm³/mol. The molecule has 0 fully saturated rings. The minimum absolute atomic E-state index is 0.373. The average molecular weight is 359 g/mol. The Hall–Kier alpha value is -2.47. The largest absolute Gasteiger partial charge is 0.329 e. The fraction of sp³-hybridized carbons (Fsp3) is 0.0625. The molecule has 0 radical (unpaired) electrons. The SMILES string of the molecule is O=Cc1ccc(Br)c2c1NC(=O)N(C=O)C2c1ccccc1. The fourth-order valence-corrected chi connectivity index (χ4v) is 3.16. The number of fused-ring (bicyclic) bond motifs is 1. The molecule has 0 aromatic heterocycles. The lowest BCUT2D eigenvalue weighted by Crippen LogP contribution is -2.42. The summed E-state index contributed by atoms with van der Waals surface area (Å²) in [5.74, 6) is 0. The van der Waals surface area contributed by atoms with Crippen LogP contribution in [0.1, 0.15) is 27.5 Å². The van der Waals surface area contributed by atoms with E-state index in [9.17, 15) is 14.4 Å². The summed E-state index contributed by atoms with van der Waals surface area (Å²) in [5.41, 5.74) is 2.27. The lowest BCUT2D eigenvalue weighted by atomic mass is 9.92. The molecule has 2 aromatic carbocycles. The van der Waals surface area contributed by atoms with E-state index >= 15 is 0 Å². The summed E-state index contributed by atoms with van der Waals surface area (Å²) >= 11 is 3.45. The molecular weight excluding hydrogens is 348 g/mol. The Labute approximate surface area is 135 Å². The number of nitrogens with one attached hydrogen (secondary N) is 1. The van der Waals surface area contributed by atoms with Crippen molar-refractivity contribution in [1.29, 1.82) is 0 Å². The Balaban J connectivity index is 2.30. The second kappa shape index (κ2) is 5.73. The molecule has 0 bridgehead atoms. The first-order valence-electron chi connectivity index (χ1n) is 6.54. The van der Waals surface area contributed by atoms with E-state index in [-0.39, 0.29) is 0 Å². The lowest BCUT2D eigenvalue weighted by Gasteiger charge is -2.35. The van der Waals surface area contributed by atoms with Crippen LogP contribution in [0, 0.1) is 0 Å². The molecule has 5 nitrogen and oxygen atoms in total. The number of hydrogen-bond donors (Lipinski definition) is 1. The number of urea groups is 1. The summed E-state index contributed by atoms with van der Waals surface area (Å²) in [4.78, 5) is 35.9. The molecule has 0 saturated carbocycles. The van der Waals surface area contributed by atoms with Gasteiger partial charge in [-0.05, 0) is 17.7 Å². The van der Waals surface area contributed by atoms with Gasteiger partial charge in [-0.3, -0.25) is 14.5 Å². The molecule has 1 heterocycles. The van der Waals surface area contributed by atoms with E-state index in [1.165, 1.54) is 0 Å². The van der Waals surface area contributed by atoms with Crippen molar-refractivity contribution in [2.24, 2.45) is 0 Å². The zero-order valence-electron chi connectivity index (χ0n) is 11.3. The van der Waals surface area contributed by atoms with Crippen molar-refractivity contribution in [2.45, 2.75) is 6.04 Å². The minimum atomic E-state index is -0.586. The first kappa shape index (κ1) is 14.5. The van der Waals surface area contributed by atoms with Crippen LogP contribution in [0.25, 0.3) is 0 Å². The quantitative estimate of drug-likeness (QED) is 0.855. The lowest BCUT2D eigenvalue weighted by molar-refractivity contribution is -0.116. The summed E-state index contributed by atoms with van der Waals surface area (Å²) in [5, 5.41) is 2.62. The molecule has 1 N–H and O–H groups in total. The smallest absolute Gasteiger partial charge is 0.306 e. The molecular formula is C16H11BrN2O3. The van der Waals surface area contributed by atoms with Gasteiger partial charge in [0, 0.05) is 15.6 Å². The van der Waals surface area contributed by atoms with Gasteiger partial charge >= 0.3 is 6.03 Å². The zero-order valence-corrected chi connectivity index (χ0v) is 12.9. The van der Waals surface area contributed by atoms with Crippen LogP contribution in [0.15, 0.2) is 46.9 Å². The van der Waals surface area contributed by atoms with Crippen LogP contribution in [-0.4, -0.2) is 23.6 Å². The van der Waals surface area contributed by atoms with Crippen LogP contribution in [0.4, 0.5) is 10.5 Å². The van der Waals surface area contributed by atoms with Gasteiger partial charge in [0.05, 0.1) is 11.7 Å². The second-order valence-corrected chi connectivity index (χ2v) is 5.65. The van der Waals surface area contributed by atoms with Crippen molar-refractivity contribution in [3.63, 3.8) is 0 Å². The maximum absolute atomic E-state index is 12.2. The van der Waals surface area contributed by atoms with Gasteiger partial charge in [-0.1, -0.05) is 46.3 Å². The van der Waals surface area contributed by atoms with Gasteiger partial charge in [0.25, 0.3) is 0 Å². The van der Waals surface area contributed by atoms with Gasteiger partial charge in [0.15, 0.2) is 6.29 Å². The number of benzene rings is 2. The molecule has 3 rings (SSSR count). The number of hydrogen-bond acceptors (Lipinski definition) is 3. The van der Waals surface area contributed by atoms with E-state index in [1.807, 2.05) is 30.3 Å². The van der Waals surface area contributed by atoms with E-state index in [1.54, 1.807) is 12.1 Å². The Morgan fingerprint density at radius 1 is 1.09 bits per heavy atom. The standard InChI is InChI=1S/C16H11BrN2O3/c17-12-7-6-11(8-20)14-13(12)15(10-4-2-1-3-5-10)19(9-21)16(22)18-14/h1-9,15H,(H,18,22). The number of carbonyl (C=O) groups is 3. The molecule has 0 aliphatic carbocycles. The molecule has 3 amide bonds. The van der Waals surface area contributed by atoms with Crippen LogP contribution in [-0.2, 0) is 4.79 Å². The average Bonchev–Trinajstić information content (AvgIpc) is 2.55. The summed E-state index contributed by atoms with van der Waals surface area (Å²) in [6.07, 6.45) is 1.18. The summed E-state index contributed by atoms with van der Waals surface area (Å²) in [6.45, 7) is 0. The third-order valence-electron chi connectivity index (χ3n) is 3.60. The van der Waals surface area contributed by atoms with Crippen LogP contribution >= 0.6 is 15.9 Å². The number of rotatable bonds is 3. The number of imide groups is 1. The van der Waals surface area contributed by atoms with E-state index in [0.29, 0.717) is 34.0 Å². The minimum Gasteiger partial charge on any atom is -0.306 e. The van der Waals surface area contributed by atoms with Gasteiger partial charge in [0.2, 0.25) is 6.41 Å². The maximum Gasteiger partial charge on any atom is 0.329 e. The number of carbonyl (C=O) groups excluding carboxylic acids is 3. The van der Waals surface area contributed by atoms with Gasteiger partial charge < -0.3 is 5.32 Å². The highest BCUT2D eigenvalue weighted by Crippen LogP contribution is 2.42. The Kier molecular flexibility index (Phi) is 3.77. The highest BCUT2D eigenvalue weighted by Gasteiger charge is 2.36. The van der Waals surface area contributed by atoms with E-state index in [0.717, 1.165) is 10.5 Å². The molecule has 110 valence electrons. The molecule has 1 atom stereocenters. The van der Waals surface area contributed by atoms with Crippen LogP contribution in [0.5, 0.6) is 0 Å². The van der Waals surface area contributed by atoms with Crippen molar-refractivity contribution < 1.29 is 14.4 Å². The van der Waals surface area contributed by atoms with E-state index in [4.69, 9.17) is 0 Å². The molecule has 1 aliphatic rings. The third kappa shape index (κ3) is 2.21. The second-order valence-electron chi connectivity index (χ2n) is 4.80. The third-order valence-corrected chi connectivity index (χ3v) is 4.29. The highest BCUT2D eigenvalue weighted by molar-refractivity contribution is 9.10. The number of aldehydes is 1.